The highest BCUT2D eigenvalue weighted by molar-refractivity contribution is 7.15. The number of hydrogen-bond acceptors (Lipinski definition) is 6. The van der Waals surface area contributed by atoms with E-state index in [1.54, 1.807) is 11.3 Å². The van der Waals surface area contributed by atoms with Crippen LogP contribution in [0.4, 0.5) is 5.13 Å². The van der Waals surface area contributed by atoms with Crippen LogP contribution in [0, 0.1) is 5.92 Å². The number of ketones is 1. The van der Waals surface area contributed by atoms with Crippen molar-refractivity contribution >= 4 is 22.3 Å². The summed E-state index contributed by atoms with van der Waals surface area (Å²) in [6, 6.07) is 0. The molecule has 0 aromatic carbocycles. The number of anilines is 1. The van der Waals surface area contributed by atoms with Gasteiger partial charge < -0.3 is 9.80 Å². The van der Waals surface area contributed by atoms with E-state index in [9.17, 15) is 4.79 Å². The molecule has 0 atom stereocenters. The largest absolute Gasteiger partial charge is 0.344 e. The van der Waals surface area contributed by atoms with Gasteiger partial charge >= 0.3 is 0 Å². The monoisotopic (exact) mass is 282 g/mol. The first-order valence-corrected chi connectivity index (χ1v) is 7.74. The van der Waals surface area contributed by atoms with Crippen molar-refractivity contribution in [1.29, 1.82) is 0 Å². The highest BCUT2D eigenvalue weighted by atomic mass is 32.1. The molecular weight excluding hydrogens is 260 g/mol. The molecule has 106 valence electrons. The number of carbonyl (C=O) groups excluding carboxylic acids is 1. The van der Waals surface area contributed by atoms with E-state index in [-0.39, 0.29) is 11.7 Å². The van der Waals surface area contributed by atoms with Crippen molar-refractivity contribution in [3.05, 3.63) is 5.01 Å². The minimum absolute atomic E-state index is 0.0699. The molecule has 6 heteroatoms. The molecule has 2 rings (SSSR count). The Labute approximate surface area is 118 Å². The van der Waals surface area contributed by atoms with E-state index in [4.69, 9.17) is 0 Å². The standard InChI is InChI=1S/C13H22N4OS/c1-4-16-5-7-17(8-6-16)13-15-14-12(19-13)9-11(18)10(2)3/h10H,4-9H2,1-3H3. The summed E-state index contributed by atoms with van der Waals surface area (Å²) in [5, 5.41) is 10.2. The maximum absolute atomic E-state index is 11.7. The van der Waals surface area contributed by atoms with Crippen molar-refractivity contribution in [1.82, 2.24) is 15.1 Å². The molecule has 1 fully saturated rings. The molecule has 2 heterocycles. The van der Waals surface area contributed by atoms with Crippen molar-refractivity contribution in [2.45, 2.75) is 27.2 Å². The molecule has 5 nitrogen and oxygen atoms in total. The van der Waals surface area contributed by atoms with Crippen molar-refractivity contribution < 1.29 is 4.79 Å². The number of aromatic nitrogens is 2. The summed E-state index contributed by atoms with van der Waals surface area (Å²) in [5.74, 6) is 0.305. The Hall–Kier alpha value is -1.01. The van der Waals surface area contributed by atoms with Gasteiger partial charge in [0.25, 0.3) is 0 Å². The third-order valence-corrected chi connectivity index (χ3v) is 4.50. The fourth-order valence-corrected chi connectivity index (χ4v) is 2.95. The summed E-state index contributed by atoms with van der Waals surface area (Å²) < 4.78 is 0. The van der Waals surface area contributed by atoms with Crippen LogP contribution in [0.15, 0.2) is 0 Å². The van der Waals surface area contributed by atoms with Gasteiger partial charge in [0.05, 0.1) is 6.42 Å². The molecule has 1 saturated heterocycles. The lowest BCUT2D eigenvalue weighted by molar-refractivity contribution is -0.121. The fraction of sp³-hybridized carbons (Fsp3) is 0.769. The van der Waals surface area contributed by atoms with Crippen LogP contribution in [0.5, 0.6) is 0 Å². The lowest BCUT2D eigenvalue weighted by Gasteiger charge is -2.33. The van der Waals surface area contributed by atoms with E-state index in [1.165, 1.54) is 0 Å². The Bertz CT molecular complexity index is 424. The maximum atomic E-state index is 11.7. The second-order valence-electron chi connectivity index (χ2n) is 5.20. The van der Waals surface area contributed by atoms with Gasteiger partial charge in [0.1, 0.15) is 10.8 Å². The zero-order valence-corrected chi connectivity index (χ0v) is 12.7. The Morgan fingerprint density at radius 1 is 1.26 bits per heavy atom. The molecule has 0 radical (unpaired) electrons. The third-order valence-electron chi connectivity index (χ3n) is 3.52. The summed E-state index contributed by atoms with van der Waals surface area (Å²) in [6.45, 7) is 11.3. The van der Waals surface area contributed by atoms with Gasteiger partial charge in [0.15, 0.2) is 0 Å². The topological polar surface area (TPSA) is 49.3 Å². The smallest absolute Gasteiger partial charge is 0.208 e. The van der Waals surface area contributed by atoms with E-state index < -0.39 is 0 Å². The molecule has 0 aliphatic carbocycles. The van der Waals surface area contributed by atoms with E-state index in [1.807, 2.05) is 13.8 Å². The normalized spacial score (nSPS) is 17.2. The molecule has 0 unspecified atom stereocenters. The summed E-state index contributed by atoms with van der Waals surface area (Å²) in [7, 11) is 0. The van der Waals surface area contributed by atoms with Gasteiger partial charge in [-0.15, -0.1) is 10.2 Å². The molecule has 1 aliphatic heterocycles. The number of carbonyl (C=O) groups is 1. The highest BCUT2D eigenvalue weighted by Gasteiger charge is 2.20. The second-order valence-corrected chi connectivity index (χ2v) is 6.24. The van der Waals surface area contributed by atoms with E-state index >= 15 is 0 Å². The summed E-state index contributed by atoms with van der Waals surface area (Å²) in [4.78, 5) is 16.4. The number of hydrogen-bond donors (Lipinski definition) is 0. The summed E-state index contributed by atoms with van der Waals surface area (Å²) >= 11 is 1.56. The molecule has 0 spiro atoms. The number of Topliss-reactive ketones (excluding diaryl/α,β-unsaturated/α-hetero) is 1. The van der Waals surface area contributed by atoms with Gasteiger partial charge in [0.2, 0.25) is 5.13 Å². The predicted molar refractivity (Wildman–Crippen MR) is 77.8 cm³/mol. The average Bonchev–Trinajstić information content (AvgIpc) is 2.87. The first kappa shape index (κ1) is 14.4. The molecule has 19 heavy (non-hydrogen) atoms. The average molecular weight is 282 g/mol. The Morgan fingerprint density at radius 3 is 2.53 bits per heavy atom. The molecule has 0 saturated carbocycles. The van der Waals surface area contributed by atoms with Crippen LogP contribution in [0.25, 0.3) is 0 Å². The molecular formula is C13H22N4OS. The minimum Gasteiger partial charge on any atom is -0.344 e. The van der Waals surface area contributed by atoms with Crippen LogP contribution in [0.1, 0.15) is 25.8 Å². The molecule has 0 bridgehead atoms. The molecule has 1 aromatic rings. The Kier molecular flexibility index (Phi) is 4.87. The van der Waals surface area contributed by atoms with Crippen LogP contribution >= 0.6 is 11.3 Å². The van der Waals surface area contributed by atoms with Crippen molar-refractivity contribution in [2.24, 2.45) is 5.92 Å². The lowest BCUT2D eigenvalue weighted by Crippen LogP contribution is -2.46. The Balaban J connectivity index is 1.92. The van der Waals surface area contributed by atoms with Gasteiger partial charge in [-0.25, -0.2) is 0 Å². The number of nitrogens with zero attached hydrogens (tertiary/aromatic N) is 4. The van der Waals surface area contributed by atoms with Crippen LogP contribution in [-0.2, 0) is 11.2 Å². The molecule has 1 aromatic heterocycles. The Morgan fingerprint density at radius 2 is 1.95 bits per heavy atom. The van der Waals surface area contributed by atoms with E-state index in [0.29, 0.717) is 6.42 Å². The first-order chi connectivity index (χ1) is 9.10. The van der Waals surface area contributed by atoms with E-state index in [0.717, 1.165) is 42.9 Å². The van der Waals surface area contributed by atoms with Gasteiger partial charge in [-0.05, 0) is 6.54 Å². The second kappa shape index (κ2) is 6.43. The van der Waals surface area contributed by atoms with Crippen LogP contribution < -0.4 is 4.90 Å². The SMILES string of the molecule is CCN1CCN(c2nnc(CC(=O)C(C)C)s2)CC1. The number of rotatable bonds is 5. The zero-order chi connectivity index (χ0) is 13.8. The maximum Gasteiger partial charge on any atom is 0.208 e. The van der Waals surface area contributed by atoms with Gasteiger partial charge in [-0.2, -0.15) is 0 Å². The zero-order valence-electron chi connectivity index (χ0n) is 11.9. The first-order valence-electron chi connectivity index (χ1n) is 6.92. The predicted octanol–water partition coefficient (Wildman–Crippen LogP) is 1.45. The number of piperazine rings is 1. The van der Waals surface area contributed by atoms with Gasteiger partial charge in [0, 0.05) is 32.1 Å². The lowest BCUT2D eigenvalue weighted by atomic mass is 10.1. The third kappa shape index (κ3) is 3.73. The summed E-state index contributed by atoms with van der Waals surface area (Å²) in [5.41, 5.74) is 0. The minimum atomic E-state index is 0.0699. The van der Waals surface area contributed by atoms with Crippen LogP contribution in [0.3, 0.4) is 0 Å². The quantitative estimate of drug-likeness (QED) is 0.818. The van der Waals surface area contributed by atoms with E-state index in [2.05, 4.69) is 26.9 Å². The number of likely N-dealkylation sites (N-methyl/N-ethyl adjacent to an activating group) is 1. The van der Waals surface area contributed by atoms with Gasteiger partial charge in [-0.3, -0.25) is 4.79 Å². The van der Waals surface area contributed by atoms with Gasteiger partial charge in [-0.1, -0.05) is 32.1 Å². The van der Waals surface area contributed by atoms with Crippen molar-refractivity contribution in [3.63, 3.8) is 0 Å². The van der Waals surface area contributed by atoms with Crippen LogP contribution in [0.2, 0.25) is 0 Å². The fourth-order valence-electron chi connectivity index (χ4n) is 2.05. The molecule has 1 aliphatic rings. The van der Waals surface area contributed by atoms with Crippen molar-refractivity contribution in [2.75, 3.05) is 37.6 Å². The van der Waals surface area contributed by atoms with Crippen LogP contribution in [-0.4, -0.2) is 53.6 Å². The summed E-state index contributed by atoms with van der Waals surface area (Å²) in [6.07, 6.45) is 0.421. The molecule has 0 N–H and O–H groups in total. The highest BCUT2D eigenvalue weighted by Crippen LogP contribution is 2.22. The van der Waals surface area contributed by atoms with Crippen molar-refractivity contribution in [3.8, 4) is 0 Å². The molecule has 0 amide bonds.